The number of nitrogens with one attached hydrogen (secondary N) is 1. The van der Waals surface area contributed by atoms with Crippen molar-refractivity contribution in [1.29, 1.82) is 0 Å². The summed E-state index contributed by atoms with van der Waals surface area (Å²) in [5, 5.41) is 2.79. The predicted octanol–water partition coefficient (Wildman–Crippen LogP) is 4.62. The molecule has 0 bridgehead atoms. The van der Waals surface area contributed by atoms with Crippen LogP contribution < -0.4 is 5.32 Å². The van der Waals surface area contributed by atoms with Crippen molar-refractivity contribution in [2.75, 3.05) is 5.32 Å². The molecule has 0 aliphatic rings. The summed E-state index contributed by atoms with van der Waals surface area (Å²) in [5.74, 6) is -0.189. The maximum absolute atomic E-state index is 12.1. The molecule has 3 nitrogen and oxygen atoms in total. The third kappa shape index (κ3) is 3.40. The monoisotopic (exact) mass is 432 g/mol. The Morgan fingerprint density at radius 1 is 1.11 bits per heavy atom. The van der Waals surface area contributed by atoms with Gasteiger partial charge in [-0.1, -0.05) is 31.9 Å². The molecular formula is C12H7Br3N2O. The predicted molar refractivity (Wildman–Crippen MR) is 81.7 cm³/mol. The molecule has 0 saturated carbocycles. The molecule has 0 aliphatic carbocycles. The molecule has 0 radical (unpaired) electrons. The number of amides is 1. The number of pyridine rings is 1. The minimum absolute atomic E-state index is 0.189. The van der Waals surface area contributed by atoms with Crippen molar-refractivity contribution < 1.29 is 4.79 Å². The first-order valence-corrected chi connectivity index (χ1v) is 7.32. The highest BCUT2D eigenvalue weighted by atomic mass is 79.9. The molecule has 0 spiro atoms. The van der Waals surface area contributed by atoms with Crippen molar-refractivity contribution in [3.8, 4) is 0 Å². The van der Waals surface area contributed by atoms with E-state index >= 15 is 0 Å². The first kappa shape index (κ1) is 13.7. The summed E-state index contributed by atoms with van der Waals surface area (Å²) < 4.78 is 2.28. The van der Waals surface area contributed by atoms with Crippen LogP contribution in [0, 0.1) is 0 Å². The SMILES string of the molecule is O=C(Nc1cccnc1Br)c1cc(Br)cc(Br)c1. The Bertz CT molecular complexity index is 581. The minimum atomic E-state index is -0.189. The normalized spacial score (nSPS) is 10.2. The fraction of sp³-hybridized carbons (Fsp3) is 0. The Hall–Kier alpha value is -0.720. The quantitative estimate of drug-likeness (QED) is 0.701. The first-order valence-electron chi connectivity index (χ1n) is 4.94. The smallest absolute Gasteiger partial charge is 0.255 e. The fourth-order valence-electron chi connectivity index (χ4n) is 1.36. The van der Waals surface area contributed by atoms with E-state index in [1.807, 2.05) is 6.07 Å². The van der Waals surface area contributed by atoms with E-state index in [9.17, 15) is 4.79 Å². The summed E-state index contributed by atoms with van der Waals surface area (Å²) in [6.07, 6.45) is 1.65. The third-order valence-corrected chi connectivity index (χ3v) is 3.68. The molecule has 18 heavy (non-hydrogen) atoms. The van der Waals surface area contributed by atoms with Gasteiger partial charge in [-0.15, -0.1) is 0 Å². The average Bonchev–Trinajstić information content (AvgIpc) is 2.31. The summed E-state index contributed by atoms with van der Waals surface area (Å²) in [6, 6.07) is 8.92. The molecule has 0 atom stereocenters. The maximum atomic E-state index is 12.1. The lowest BCUT2D eigenvalue weighted by Crippen LogP contribution is -2.12. The lowest BCUT2D eigenvalue weighted by molar-refractivity contribution is 0.102. The number of benzene rings is 1. The summed E-state index contributed by atoms with van der Waals surface area (Å²) in [5.41, 5.74) is 1.20. The summed E-state index contributed by atoms with van der Waals surface area (Å²) in [6.45, 7) is 0. The average molecular weight is 435 g/mol. The highest BCUT2D eigenvalue weighted by Crippen LogP contribution is 2.23. The van der Waals surface area contributed by atoms with Crippen LogP contribution in [0.4, 0.5) is 5.69 Å². The van der Waals surface area contributed by atoms with E-state index in [1.165, 1.54) is 0 Å². The number of nitrogens with zero attached hydrogens (tertiary/aromatic N) is 1. The fourth-order valence-corrected chi connectivity index (χ4v) is 3.00. The van der Waals surface area contributed by atoms with E-state index < -0.39 is 0 Å². The molecule has 1 aromatic heterocycles. The summed E-state index contributed by atoms with van der Waals surface area (Å²) >= 11 is 9.98. The van der Waals surface area contributed by atoms with E-state index in [-0.39, 0.29) is 5.91 Å². The summed E-state index contributed by atoms with van der Waals surface area (Å²) in [7, 11) is 0. The third-order valence-electron chi connectivity index (χ3n) is 2.13. The molecule has 6 heteroatoms. The van der Waals surface area contributed by atoms with Crippen LogP contribution >= 0.6 is 47.8 Å². The van der Waals surface area contributed by atoms with Gasteiger partial charge in [-0.25, -0.2) is 4.98 Å². The standard InChI is InChI=1S/C12H7Br3N2O/c13-8-4-7(5-9(14)6-8)12(18)17-10-2-1-3-16-11(10)15/h1-6H,(H,17,18). The van der Waals surface area contributed by atoms with Gasteiger partial charge >= 0.3 is 0 Å². The molecular weight excluding hydrogens is 428 g/mol. The van der Waals surface area contributed by atoms with Gasteiger partial charge in [0.1, 0.15) is 4.60 Å². The Morgan fingerprint density at radius 2 is 1.78 bits per heavy atom. The van der Waals surface area contributed by atoms with Crippen molar-refractivity contribution in [1.82, 2.24) is 4.98 Å². The molecule has 1 amide bonds. The molecule has 2 aromatic rings. The van der Waals surface area contributed by atoms with Gasteiger partial charge in [0.15, 0.2) is 0 Å². The zero-order chi connectivity index (χ0) is 13.1. The van der Waals surface area contributed by atoms with Crippen molar-refractivity contribution >= 4 is 59.4 Å². The van der Waals surface area contributed by atoms with Crippen LogP contribution in [-0.2, 0) is 0 Å². The van der Waals surface area contributed by atoms with Crippen LogP contribution in [0.2, 0.25) is 0 Å². The highest BCUT2D eigenvalue weighted by molar-refractivity contribution is 9.11. The van der Waals surface area contributed by atoms with Gasteiger partial charge in [0.05, 0.1) is 5.69 Å². The second-order valence-corrected chi connectivity index (χ2v) is 6.04. The van der Waals surface area contributed by atoms with Crippen LogP contribution in [0.1, 0.15) is 10.4 Å². The number of carbonyl (C=O) groups excluding carboxylic acids is 1. The van der Waals surface area contributed by atoms with E-state index in [4.69, 9.17) is 0 Å². The number of hydrogen-bond acceptors (Lipinski definition) is 2. The van der Waals surface area contributed by atoms with Crippen molar-refractivity contribution in [3.63, 3.8) is 0 Å². The largest absolute Gasteiger partial charge is 0.320 e. The van der Waals surface area contributed by atoms with Crippen molar-refractivity contribution in [2.45, 2.75) is 0 Å². The zero-order valence-corrected chi connectivity index (χ0v) is 13.7. The van der Waals surface area contributed by atoms with E-state index in [1.54, 1.807) is 30.5 Å². The van der Waals surface area contributed by atoms with Crippen LogP contribution in [0.5, 0.6) is 0 Å². The molecule has 1 aromatic carbocycles. The Kier molecular flexibility index (Phi) is 4.53. The first-order chi connectivity index (χ1) is 8.56. The van der Waals surface area contributed by atoms with Gasteiger partial charge < -0.3 is 5.32 Å². The van der Waals surface area contributed by atoms with E-state index in [0.717, 1.165) is 8.95 Å². The van der Waals surface area contributed by atoms with Crippen LogP contribution in [0.15, 0.2) is 50.1 Å². The maximum Gasteiger partial charge on any atom is 0.255 e. The van der Waals surface area contributed by atoms with Gasteiger partial charge in [0, 0.05) is 20.7 Å². The molecule has 0 unspecified atom stereocenters. The highest BCUT2D eigenvalue weighted by Gasteiger charge is 2.09. The number of halogens is 3. The molecule has 2 rings (SSSR count). The summed E-state index contributed by atoms with van der Waals surface area (Å²) in [4.78, 5) is 16.1. The minimum Gasteiger partial charge on any atom is -0.320 e. The zero-order valence-electron chi connectivity index (χ0n) is 8.95. The van der Waals surface area contributed by atoms with Crippen LogP contribution in [0.25, 0.3) is 0 Å². The Balaban J connectivity index is 2.25. The number of hydrogen-bond donors (Lipinski definition) is 1. The van der Waals surface area contributed by atoms with E-state index in [0.29, 0.717) is 15.9 Å². The van der Waals surface area contributed by atoms with Crippen LogP contribution in [-0.4, -0.2) is 10.9 Å². The van der Waals surface area contributed by atoms with Gasteiger partial charge in [-0.2, -0.15) is 0 Å². The molecule has 0 fully saturated rings. The second kappa shape index (κ2) is 5.95. The second-order valence-electron chi connectivity index (χ2n) is 3.45. The number of aromatic nitrogens is 1. The molecule has 92 valence electrons. The van der Waals surface area contributed by atoms with E-state index in [2.05, 4.69) is 58.1 Å². The van der Waals surface area contributed by atoms with Gasteiger partial charge in [0.2, 0.25) is 0 Å². The topological polar surface area (TPSA) is 42.0 Å². The Labute approximate surface area is 129 Å². The lowest BCUT2D eigenvalue weighted by Gasteiger charge is -2.07. The van der Waals surface area contributed by atoms with Gasteiger partial charge in [0.25, 0.3) is 5.91 Å². The molecule has 1 N–H and O–H groups in total. The van der Waals surface area contributed by atoms with Crippen molar-refractivity contribution in [2.24, 2.45) is 0 Å². The molecule has 0 aliphatic heterocycles. The van der Waals surface area contributed by atoms with Crippen molar-refractivity contribution in [3.05, 3.63) is 55.6 Å². The lowest BCUT2D eigenvalue weighted by atomic mass is 10.2. The van der Waals surface area contributed by atoms with Crippen LogP contribution in [0.3, 0.4) is 0 Å². The molecule has 0 saturated heterocycles. The number of carbonyl (C=O) groups is 1. The van der Waals surface area contributed by atoms with Gasteiger partial charge in [-0.05, 0) is 46.3 Å². The number of rotatable bonds is 2. The number of anilines is 1. The van der Waals surface area contributed by atoms with Gasteiger partial charge in [-0.3, -0.25) is 4.79 Å². The molecule has 1 heterocycles. The Morgan fingerprint density at radius 3 is 2.39 bits per heavy atom.